The van der Waals surface area contributed by atoms with E-state index in [4.69, 9.17) is 4.52 Å². The van der Waals surface area contributed by atoms with Gasteiger partial charge in [0.25, 0.3) is 0 Å². The third kappa shape index (κ3) is 6.37. The highest BCUT2D eigenvalue weighted by Gasteiger charge is 2.14. The standard InChI is InChI=1S/C20H30N4O3S/c1-4-16(5-2)19-14-17(27-24-19)15-23-20(21-6-3)22-12-13-28(25,26)18-10-8-7-9-11-18/h7-11,14,16H,4-6,12-13,15H2,1-3H3,(H2,21,22,23). The summed E-state index contributed by atoms with van der Waals surface area (Å²) in [5.74, 6) is 1.63. The molecule has 2 N–H and O–H groups in total. The van der Waals surface area contributed by atoms with Gasteiger partial charge < -0.3 is 15.2 Å². The molecule has 0 bridgehead atoms. The summed E-state index contributed by atoms with van der Waals surface area (Å²) in [6.07, 6.45) is 2.04. The van der Waals surface area contributed by atoms with Crippen LogP contribution < -0.4 is 10.6 Å². The average molecular weight is 407 g/mol. The first-order valence-electron chi connectivity index (χ1n) is 9.75. The highest BCUT2D eigenvalue weighted by molar-refractivity contribution is 7.91. The fraction of sp³-hybridized carbons (Fsp3) is 0.500. The van der Waals surface area contributed by atoms with E-state index in [-0.39, 0.29) is 12.3 Å². The first kappa shape index (κ1) is 21.9. The van der Waals surface area contributed by atoms with Gasteiger partial charge in [-0.1, -0.05) is 37.2 Å². The van der Waals surface area contributed by atoms with E-state index in [1.54, 1.807) is 30.3 Å². The summed E-state index contributed by atoms with van der Waals surface area (Å²) >= 11 is 0. The Morgan fingerprint density at radius 3 is 2.50 bits per heavy atom. The molecule has 154 valence electrons. The lowest BCUT2D eigenvalue weighted by Gasteiger charge is -2.11. The summed E-state index contributed by atoms with van der Waals surface area (Å²) < 4.78 is 30.1. The molecule has 2 rings (SSSR count). The molecule has 0 amide bonds. The summed E-state index contributed by atoms with van der Waals surface area (Å²) in [7, 11) is -3.32. The van der Waals surface area contributed by atoms with Crippen LogP contribution in [0.1, 0.15) is 51.0 Å². The van der Waals surface area contributed by atoms with Crippen molar-refractivity contribution < 1.29 is 12.9 Å². The lowest BCUT2D eigenvalue weighted by atomic mass is 9.99. The molecule has 0 aliphatic heterocycles. The van der Waals surface area contributed by atoms with Crippen LogP contribution in [0, 0.1) is 0 Å². The van der Waals surface area contributed by atoms with Crippen molar-refractivity contribution in [3.8, 4) is 0 Å². The molecule has 0 saturated heterocycles. The summed E-state index contributed by atoms with van der Waals surface area (Å²) in [5, 5.41) is 10.3. The van der Waals surface area contributed by atoms with Crippen LogP contribution >= 0.6 is 0 Å². The number of nitrogens with one attached hydrogen (secondary N) is 2. The molecule has 0 aliphatic carbocycles. The number of sulfone groups is 1. The van der Waals surface area contributed by atoms with Crippen molar-refractivity contribution in [2.24, 2.45) is 4.99 Å². The molecule has 0 atom stereocenters. The molecule has 2 aromatic rings. The average Bonchev–Trinajstić information content (AvgIpc) is 3.16. The molecule has 0 saturated carbocycles. The highest BCUT2D eigenvalue weighted by atomic mass is 32.2. The summed E-state index contributed by atoms with van der Waals surface area (Å²) in [4.78, 5) is 4.79. The van der Waals surface area contributed by atoms with Gasteiger partial charge in [0.15, 0.2) is 21.6 Å². The Morgan fingerprint density at radius 1 is 1.14 bits per heavy atom. The van der Waals surface area contributed by atoms with Crippen LogP contribution in [0.3, 0.4) is 0 Å². The molecule has 0 fully saturated rings. The van der Waals surface area contributed by atoms with Gasteiger partial charge in [-0.3, -0.25) is 0 Å². The first-order chi connectivity index (χ1) is 13.5. The number of hydrogen-bond acceptors (Lipinski definition) is 5. The van der Waals surface area contributed by atoms with E-state index in [0.717, 1.165) is 18.5 Å². The lowest BCUT2D eigenvalue weighted by molar-refractivity contribution is 0.372. The third-order valence-corrected chi connectivity index (χ3v) is 6.22. The molecule has 0 spiro atoms. The predicted octanol–water partition coefficient (Wildman–Crippen LogP) is 3.11. The van der Waals surface area contributed by atoms with Gasteiger partial charge in [-0.15, -0.1) is 0 Å². The largest absolute Gasteiger partial charge is 0.359 e. The molecule has 8 heteroatoms. The van der Waals surface area contributed by atoms with Crippen LogP contribution in [0.4, 0.5) is 0 Å². The highest BCUT2D eigenvalue weighted by Crippen LogP contribution is 2.22. The van der Waals surface area contributed by atoms with Crippen molar-refractivity contribution in [3.05, 3.63) is 47.9 Å². The van der Waals surface area contributed by atoms with Crippen molar-refractivity contribution in [2.75, 3.05) is 18.8 Å². The second-order valence-corrected chi connectivity index (χ2v) is 8.59. The van der Waals surface area contributed by atoms with Gasteiger partial charge in [-0.25, -0.2) is 13.4 Å². The molecule has 7 nitrogen and oxygen atoms in total. The van der Waals surface area contributed by atoms with Gasteiger partial charge in [0.2, 0.25) is 0 Å². The molecule has 1 aromatic carbocycles. The summed E-state index contributed by atoms with van der Waals surface area (Å²) in [6.45, 7) is 7.51. The summed E-state index contributed by atoms with van der Waals surface area (Å²) in [5.41, 5.74) is 0.960. The first-order valence-corrected chi connectivity index (χ1v) is 11.4. The van der Waals surface area contributed by atoms with E-state index in [9.17, 15) is 8.42 Å². The van der Waals surface area contributed by atoms with Crippen LogP contribution in [0.5, 0.6) is 0 Å². The molecule has 1 heterocycles. The molecular weight excluding hydrogens is 376 g/mol. The number of guanidine groups is 1. The topological polar surface area (TPSA) is 96.6 Å². The minimum Gasteiger partial charge on any atom is -0.359 e. The van der Waals surface area contributed by atoms with Crippen molar-refractivity contribution in [2.45, 2.75) is 51.0 Å². The monoisotopic (exact) mass is 406 g/mol. The van der Waals surface area contributed by atoms with Gasteiger partial charge in [-0.05, 0) is 31.9 Å². The van der Waals surface area contributed by atoms with Gasteiger partial charge in [0, 0.05) is 25.1 Å². The maximum atomic E-state index is 12.4. The smallest absolute Gasteiger partial charge is 0.191 e. The number of aromatic nitrogens is 1. The normalized spacial score (nSPS) is 12.4. The Hall–Kier alpha value is -2.35. The molecule has 0 aliphatic rings. The van der Waals surface area contributed by atoms with Crippen LogP contribution in [0.15, 0.2) is 50.8 Å². The van der Waals surface area contributed by atoms with E-state index in [1.165, 1.54) is 0 Å². The van der Waals surface area contributed by atoms with Gasteiger partial charge in [0.05, 0.1) is 16.3 Å². The minimum atomic E-state index is -3.32. The van der Waals surface area contributed by atoms with Crippen LogP contribution in [-0.4, -0.2) is 38.4 Å². The van der Waals surface area contributed by atoms with E-state index in [1.807, 2.05) is 13.0 Å². The number of hydrogen-bond donors (Lipinski definition) is 2. The van der Waals surface area contributed by atoms with Crippen molar-refractivity contribution in [1.29, 1.82) is 0 Å². The van der Waals surface area contributed by atoms with Crippen LogP contribution in [-0.2, 0) is 16.4 Å². The zero-order chi connectivity index (χ0) is 20.4. The quantitative estimate of drug-likeness (QED) is 0.465. The van der Waals surface area contributed by atoms with Crippen molar-refractivity contribution in [1.82, 2.24) is 15.8 Å². The fourth-order valence-corrected chi connectivity index (χ4v) is 4.03. The molecule has 0 radical (unpaired) electrons. The Bertz CT molecular complexity index is 843. The van der Waals surface area contributed by atoms with Crippen molar-refractivity contribution >= 4 is 15.8 Å². The maximum Gasteiger partial charge on any atom is 0.191 e. The van der Waals surface area contributed by atoms with E-state index < -0.39 is 9.84 Å². The Kier molecular flexibility index (Phi) is 8.50. The SMILES string of the molecule is CCNC(=NCc1cc(C(CC)CC)no1)NCCS(=O)(=O)c1ccccc1. The maximum absolute atomic E-state index is 12.4. The van der Waals surface area contributed by atoms with Crippen molar-refractivity contribution in [3.63, 3.8) is 0 Å². The number of nitrogens with zero attached hydrogens (tertiary/aromatic N) is 2. The Labute approximate surface area is 167 Å². The zero-order valence-electron chi connectivity index (χ0n) is 16.8. The van der Waals surface area contributed by atoms with Crippen LogP contribution in [0.2, 0.25) is 0 Å². The van der Waals surface area contributed by atoms with E-state index >= 15 is 0 Å². The zero-order valence-corrected chi connectivity index (χ0v) is 17.6. The van der Waals surface area contributed by atoms with Crippen LogP contribution in [0.25, 0.3) is 0 Å². The summed E-state index contributed by atoms with van der Waals surface area (Å²) in [6, 6.07) is 10.4. The van der Waals surface area contributed by atoms with E-state index in [2.05, 4.69) is 34.6 Å². The number of benzene rings is 1. The van der Waals surface area contributed by atoms with Gasteiger partial charge in [0.1, 0.15) is 6.54 Å². The second-order valence-electron chi connectivity index (χ2n) is 6.49. The molecule has 0 unspecified atom stereocenters. The Balaban J connectivity index is 1.94. The minimum absolute atomic E-state index is 0.0113. The van der Waals surface area contributed by atoms with Gasteiger partial charge >= 0.3 is 0 Å². The molecule has 1 aromatic heterocycles. The predicted molar refractivity (Wildman–Crippen MR) is 111 cm³/mol. The molecular formula is C20H30N4O3S. The fourth-order valence-electron chi connectivity index (χ4n) is 2.85. The number of aliphatic imine (C=N–C) groups is 1. The van der Waals surface area contributed by atoms with Gasteiger partial charge in [-0.2, -0.15) is 0 Å². The lowest BCUT2D eigenvalue weighted by Crippen LogP contribution is -2.39. The Morgan fingerprint density at radius 2 is 1.86 bits per heavy atom. The second kappa shape index (κ2) is 10.8. The molecule has 28 heavy (non-hydrogen) atoms. The third-order valence-electron chi connectivity index (χ3n) is 4.48. The van der Waals surface area contributed by atoms with E-state index in [0.29, 0.717) is 35.6 Å². The number of rotatable bonds is 10.